The molecule has 0 saturated heterocycles. The molecule has 26 heavy (non-hydrogen) atoms. The molecule has 0 spiro atoms. The summed E-state index contributed by atoms with van der Waals surface area (Å²) in [5, 5.41) is 13.5. The number of aromatic hydroxyl groups is 1. The molecule has 0 saturated carbocycles. The van der Waals surface area contributed by atoms with E-state index in [1.54, 1.807) is 24.3 Å². The number of hydrogen-bond donors (Lipinski definition) is 3. The van der Waals surface area contributed by atoms with Crippen molar-refractivity contribution < 1.29 is 31.4 Å². The fourth-order valence-electron chi connectivity index (χ4n) is 3.09. The van der Waals surface area contributed by atoms with Gasteiger partial charge in [-0.25, -0.2) is 0 Å². The standard InChI is InChI=1S/C19H25N3O3.BrH/c1-4-12-22(5-2,6-3)13-11-20-18(24)16-17(23)14-9-7-8-10-15(14)21-19(16)25;/h4,7-10H,1,5-6,11-13H2,2-3H3,(H2-,20,21,23,24,25);1H. The molecule has 3 N–H and O–H groups in total. The molecular weight excluding hydrogens is 398 g/mol. The first-order chi connectivity index (χ1) is 12.0. The number of nitrogens with one attached hydrogen (secondary N) is 2. The SMILES string of the molecule is C=CC[N+](CC)(CC)CCNC(=O)c1c(O)c2ccccc2[nH]c1=O.[Br-]. The number of fused-ring (bicyclic) bond motifs is 1. The number of halogens is 1. The molecule has 0 aliphatic rings. The summed E-state index contributed by atoms with van der Waals surface area (Å²) in [6.07, 6.45) is 1.88. The van der Waals surface area contributed by atoms with Crippen LogP contribution in [0.1, 0.15) is 24.2 Å². The van der Waals surface area contributed by atoms with Gasteiger partial charge >= 0.3 is 0 Å². The van der Waals surface area contributed by atoms with Gasteiger partial charge in [0.15, 0.2) is 0 Å². The van der Waals surface area contributed by atoms with Gasteiger partial charge in [0.25, 0.3) is 11.5 Å². The molecule has 0 radical (unpaired) electrons. The van der Waals surface area contributed by atoms with Gasteiger partial charge in [-0.05, 0) is 32.1 Å². The van der Waals surface area contributed by atoms with E-state index < -0.39 is 11.5 Å². The zero-order valence-electron chi connectivity index (χ0n) is 15.2. The van der Waals surface area contributed by atoms with Crippen LogP contribution in [0.5, 0.6) is 5.75 Å². The molecule has 142 valence electrons. The Bertz CT molecular complexity index is 828. The lowest BCUT2D eigenvalue weighted by Crippen LogP contribution is -3.00. The van der Waals surface area contributed by atoms with Gasteiger partial charge in [0.1, 0.15) is 11.3 Å². The Morgan fingerprint density at radius 3 is 2.58 bits per heavy atom. The summed E-state index contributed by atoms with van der Waals surface area (Å²) in [7, 11) is 0. The van der Waals surface area contributed by atoms with E-state index in [0.717, 1.165) is 30.7 Å². The number of aromatic nitrogens is 1. The fourth-order valence-corrected chi connectivity index (χ4v) is 3.09. The lowest BCUT2D eigenvalue weighted by atomic mass is 10.1. The van der Waals surface area contributed by atoms with Crippen molar-refractivity contribution in [1.82, 2.24) is 10.3 Å². The van der Waals surface area contributed by atoms with Gasteiger partial charge in [-0.3, -0.25) is 9.59 Å². The molecule has 1 heterocycles. The molecular formula is C19H26BrN3O3. The number of carbonyl (C=O) groups is 1. The number of aromatic amines is 1. The molecule has 0 fully saturated rings. The van der Waals surface area contributed by atoms with Gasteiger partial charge in [0.05, 0.1) is 38.2 Å². The van der Waals surface area contributed by atoms with E-state index in [1.165, 1.54) is 0 Å². The molecule has 0 atom stereocenters. The Morgan fingerprint density at radius 2 is 1.96 bits per heavy atom. The van der Waals surface area contributed by atoms with Crippen LogP contribution < -0.4 is 27.9 Å². The third-order valence-corrected chi connectivity index (χ3v) is 4.85. The van der Waals surface area contributed by atoms with Crippen molar-refractivity contribution in [3.63, 3.8) is 0 Å². The van der Waals surface area contributed by atoms with Crippen molar-refractivity contribution >= 4 is 16.8 Å². The summed E-state index contributed by atoms with van der Waals surface area (Å²) in [6, 6.07) is 6.84. The van der Waals surface area contributed by atoms with E-state index in [9.17, 15) is 14.7 Å². The average Bonchev–Trinajstić information content (AvgIpc) is 2.61. The van der Waals surface area contributed by atoms with E-state index in [1.807, 2.05) is 6.08 Å². The van der Waals surface area contributed by atoms with Crippen molar-refractivity contribution in [3.8, 4) is 5.75 Å². The second kappa shape index (κ2) is 9.54. The highest BCUT2D eigenvalue weighted by atomic mass is 79.9. The summed E-state index contributed by atoms with van der Waals surface area (Å²) in [5.74, 6) is -0.844. The van der Waals surface area contributed by atoms with Gasteiger partial charge in [0, 0.05) is 5.39 Å². The number of nitrogens with zero attached hydrogens (tertiary/aromatic N) is 1. The number of hydrogen-bond acceptors (Lipinski definition) is 3. The summed E-state index contributed by atoms with van der Waals surface area (Å²) < 4.78 is 0.809. The van der Waals surface area contributed by atoms with E-state index in [2.05, 4.69) is 30.7 Å². The first-order valence-electron chi connectivity index (χ1n) is 8.56. The maximum absolute atomic E-state index is 12.4. The molecule has 6 nitrogen and oxygen atoms in total. The number of pyridine rings is 1. The minimum atomic E-state index is -0.591. The molecule has 0 unspecified atom stereocenters. The van der Waals surface area contributed by atoms with E-state index in [4.69, 9.17) is 0 Å². The predicted molar refractivity (Wildman–Crippen MR) is 99.8 cm³/mol. The minimum Gasteiger partial charge on any atom is -1.00 e. The third-order valence-electron chi connectivity index (χ3n) is 4.85. The number of quaternary nitrogens is 1. The smallest absolute Gasteiger partial charge is 0.265 e. The number of benzene rings is 1. The fraction of sp³-hybridized carbons (Fsp3) is 0.368. The van der Waals surface area contributed by atoms with E-state index in [-0.39, 0.29) is 28.3 Å². The minimum absolute atomic E-state index is 0. The van der Waals surface area contributed by atoms with Gasteiger partial charge in [-0.1, -0.05) is 18.7 Å². The summed E-state index contributed by atoms with van der Waals surface area (Å²) >= 11 is 0. The first-order valence-corrected chi connectivity index (χ1v) is 8.56. The molecule has 1 amide bonds. The van der Waals surface area contributed by atoms with E-state index >= 15 is 0 Å². The second-order valence-corrected chi connectivity index (χ2v) is 6.15. The summed E-state index contributed by atoms with van der Waals surface area (Å²) in [5.41, 5.74) is -0.333. The molecule has 7 heteroatoms. The van der Waals surface area contributed by atoms with Crippen molar-refractivity contribution in [1.29, 1.82) is 0 Å². The quantitative estimate of drug-likeness (QED) is 0.376. The molecule has 0 bridgehead atoms. The van der Waals surface area contributed by atoms with E-state index in [0.29, 0.717) is 17.4 Å². The lowest BCUT2D eigenvalue weighted by molar-refractivity contribution is -0.918. The summed E-state index contributed by atoms with van der Waals surface area (Å²) in [6.45, 7) is 11.9. The van der Waals surface area contributed by atoms with Gasteiger partial charge in [0.2, 0.25) is 0 Å². The molecule has 2 aromatic rings. The maximum atomic E-state index is 12.4. The topological polar surface area (TPSA) is 82.2 Å². The first kappa shape index (κ1) is 21.9. The number of likely N-dealkylation sites (N-methyl/N-ethyl adjacent to an activating group) is 1. The third kappa shape index (κ3) is 4.53. The molecule has 1 aromatic carbocycles. The molecule has 0 aliphatic heterocycles. The molecule has 1 aromatic heterocycles. The molecule has 2 rings (SSSR count). The highest BCUT2D eigenvalue weighted by Crippen LogP contribution is 2.24. The van der Waals surface area contributed by atoms with Gasteiger partial charge in [-0.2, -0.15) is 0 Å². The number of H-pyrrole nitrogens is 1. The number of carbonyl (C=O) groups excluding carboxylic acids is 1. The highest BCUT2D eigenvalue weighted by Gasteiger charge is 2.23. The van der Waals surface area contributed by atoms with Crippen LogP contribution in [0.3, 0.4) is 0 Å². The number of amides is 1. The molecule has 0 aliphatic carbocycles. The Hall–Kier alpha value is -2.12. The monoisotopic (exact) mass is 423 g/mol. The van der Waals surface area contributed by atoms with Crippen LogP contribution in [0, 0.1) is 0 Å². The van der Waals surface area contributed by atoms with Crippen molar-refractivity contribution in [2.24, 2.45) is 0 Å². The predicted octanol–water partition coefficient (Wildman–Crippen LogP) is -0.990. The maximum Gasteiger partial charge on any atom is 0.265 e. The lowest BCUT2D eigenvalue weighted by Gasteiger charge is -2.35. The Morgan fingerprint density at radius 1 is 1.31 bits per heavy atom. The highest BCUT2D eigenvalue weighted by molar-refractivity contribution is 6.01. The van der Waals surface area contributed by atoms with Crippen molar-refractivity contribution in [3.05, 3.63) is 52.8 Å². The van der Waals surface area contributed by atoms with Crippen molar-refractivity contribution in [2.75, 3.05) is 32.7 Å². The van der Waals surface area contributed by atoms with Crippen LogP contribution >= 0.6 is 0 Å². The number of rotatable bonds is 8. The van der Waals surface area contributed by atoms with Crippen molar-refractivity contribution in [2.45, 2.75) is 13.8 Å². The van der Waals surface area contributed by atoms with Crippen LogP contribution in [0.2, 0.25) is 0 Å². The Labute approximate surface area is 163 Å². The normalized spacial score (nSPS) is 11.0. The Kier molecular flexibility index (Phi) is 8.05. The van der Waals surface area contributed by atoms with Crippen LogP contribution in [0.25, 0.3) is 10.9 Å². The van der Waals surface area contributed by atoms with Crippen LogP contribution in [0.15, 0.2) is 41.7 Å². The summed E-state index contributed by atoms with van der Waals surface area (Å²) in [4.78, 5) is 27.2. The Balaban J connectivity index is 0.00000338. The average molecular weight is 424 g/mol. The van der Waals surface area contributed by atoms with Crippen LogP contribution in [0.4, 0.5) is 0 Å². The van der Waals surface area contributed by atoms with Gasteiger partial charge in [-0.15, -0.1) is 0 Å². The zero-order chi connectivity index (χ0) is 18.4. The second-order valence-electron chi connectivity index (χ2n) is 6.15. The largest absolute Gasteiger partial charge is 1.00 e. The zero-order valence-corrected chi connectivity index (χ0v) is 16.8. The van der Waals surface area contributed by atoms with Crippen LogP contribution in [-0.2, 0) is 0 Å². The number of para-hydroxylation sites is 1. The van der Waals surface area contributed by atoms with Crippen LogP contribution in [-0.4, -0.2) is 53.2 Å². The van der Waals surface area contributed by atoms with Gasteiger partial charge < -0.3 is 36.9 Å².